The number of allylic oxidation sites excluding steroid dienone is 7. The molecule has 0 fully saturated rings. The number of hydrogen-bond acceptors (Lipinski definition) is 7. The van der Waals surface area contributed by atoms with E-state index in [1.165, 1.54) is 205 Å². The Morgan fingerprint density at radius 2 is 0.792 bits per heavy atom. The molecule has 0 saturated carbocycles. The number of ether oxygens (including phenoxy) is 1. The second-order valence-corrected chi connectivity index (χ2v) is 25.0. The smallest absolute Gasteiger partial charge is 0.306 e. The second kappa shape index (κ2) is 57.2. The topological polar surface area (TPSA) is 114 Å². The van der Waals surface area contributed by atoms with Crippen molar-refractivity contribution in [2.75, 3.05) is 40.9 Å². The monoisotopic (exact) mass is 1100 g/mol. The minimum Gasteiger partial charge on any atom is -0.756 e. The number of phosphoric acid groups is 1. The third-order valence-electron chi connectivity index (χ3n) is 14.7. The van der Waals surface area contributed by atoms with Crippen LogP contribution in [-0.2, 0) is 27.9 Å². The van der Waals surface area contributed by atoms with Gasteiger partial charge in [0.1, 0.15) is 19.3 Å². The van der Waals surface area contributed by atoms with Gasteiger partial charge in [-0.15, -0.1) is 0 Å². The van der Waals surface area contributed by atoms with Crippen molar-refractivity contribution in [1.82, 2.24) is 5.32 Å². The predicted molar refractivity (Wildman–Crippen MR) is 330 cm³/mol. The van der Waals surface area contributed by atoms with Gasteiger partial charge in [0, 0.05) is 12.8 Å². The number of likely N-dealkylation sites (N-methyl/N-ethyl adjacent to an activating group) is 1. The Kier molecular flexibility index (Phi) is 55.7. The van der Waals surface area contributed by atoms with E-state index in [-0.39, 0.29) is 31.5 Å². The van der Waals surface area contributed by atoms with Crippen molar-refractivity contribution < 1.29 is 37.3 Å². The average molecular weight is 1100 g/mol. The number of nitrogens with one attached hydrogen (secondary N) is 1. The molecule has 0 radical (unpaired) electrons. The molecule has 0 bridgehead atoms. The average Bonchev–Trinajstić information content (AvgIpc) is 3.39. The summed E-state index contributed by atoms with van der Waals surface area (Å²) in [6.07, 6.45) is 70.7. The molecule has 0 aromatic carbocycles. The summed E-state index contributed by atoms with van der Waals surface area (Å²) in [4.78, 5) is 40.1. The van der Waals surface area contributed by atoms with Crippen molar-refractivity contribution >= 4 is 19.7 Å². The predicted octanol–water partition coefficient (Wildman–Crippen LogP) is 19.8. The molecule has 0 aromatic heterocycles. The molecule has 77 heavy (non-hydrogen) atoms. The van der Waals surface area contributed by atoms with Crippen LogP contribution in [0.3, 0.4) is 0 Å². The lowest BCUT2D eigenvalue weighted by atomic mass is 10.0. The summed E-state index contributed by atoms with van der Waals surface area (Å²) in [7, 11) is 1.19. The van der Waals surface area contributed by atoms with Crippen LogP contribution in [0.15, 0.2) is 48.6 Å². The van der Waals surface area contributed by atoms with E-state index in [1.54, 1.807) is 0 Å². The van der Waals surface area contributed by atoms with Crippen LogP contribution in [-0.4, -0.2) is 69.4 Å². The molecule has 10 heteroatoms. The number of unbranched alkanes of at least 4 members (excludes halogenated alkanes) is 38. The molecule has 1 amide bonds. The highest BCUT2D eigenvalue weighted by atomic mass is 31.2. The third kappa shape index (κ3) is 58.4. The van der Waals surface area contributed by atoms with Crippen molar-refractivity contribution in [3.05, 3.63) is 48.6 Å². The Bertz CT molecular complexity index is 1460. The fraction of sp³-hybridized carbons (Fsp3) is 0.851. The Morgan fingerprint density at radius 1 is 0.455 bits per heavy atom. The Hall–Kier alpha value is -2.03. The van der Waals surface area contributed by atoms with Gasteiger partial charge in [-0.2, -0.15) is 0 Å². The molecule has 452 valence electrons. The van der Waals surface area contributed by atoms with E-state index in [0.717, 1.165) is 77.0 Å². The molecule has 0 aromatic rings. The van der Waals surface area contributed by atoms with E-state index in [9.17, 15) is 19.0 Å². The summed E-state index contributed by atoms with van der Waals surface area (Å²) in [5.41, 5.74) is 0. The van der Waals surface area contributed by atoms with Crippen LogP contribution in [0.1, 0.15) is 316 Å². The van der Waals surface area contributed by atoms with Gasteiger partial charge in [0.05, 0.1) is 33.8 Å². The second-order valence-electron chi connectivity index (χ2n) is 23.6. The largest absolute Gasteiger partial charge is 0.756 e. The molecule has 3 atom stereocenters. The molecule has 0 spiro atoms. The molecule has 0 heterocycles. The molecule has 0 saturated heterocycles. The zero-order chi connectivity index (χ0) is 56.4. The molecule has 0 aliphatic carbocycles. The van der Waals surface area contributed by atoms with Crippen molar-refractivity contribution in [3.8, 4) is 0 Å². The number of quaternary nitrogens is 1. The van der Waals surface area contributed by atoms with Gasteiger partial charge in [-0.1, -0.05) is 262 Å². The molecular formula is C67H127N2O7P. The summed E-state index contributed by atoms with van der Waals surface area (Å²) in [6.45, 7) is 6.84. The molecule has 9 nitrogen and oxygen atoms in total. The fourth-order valence-electron chi connectivity index (χ4n) is 9.61. The molecule has 0 aliphatic rings. The molecule has 0 aliphatic heterocycles. The van der Waals surface area contributed by atoms with Crippen LogP contribution in [0.2, 0.25) is 0 Å². The van der Waals surface area contributed by atoms with Gasteiger partial charge in [0.2, 0.25) is 5.91 Å². The number of amides is 1. The molecule has 3 unspecified atom stereocenters. The van der Waals surface area contributed by atoms with E-state index in [0.29, 0.717) is 17.4 Å². The number of hydrogen-bond donors (Lipinski definition) is 1. The van der Waals surface area contributed by atoms with Crippen molar-refractivity contribution in [2.45, 2.75) is 328 Å². The minimum atomic E-state index is -4.70. The first-order chi connectivity index (χ1) is 37.4. The molecule has 1 N–H and O–H groups in total. The van der Waals surface area contributed by atoms with Crippen molar-refractivity contribution in [3.63, 3.8) is 0 Å². The molecular weight excluding hydrogens is 976 g/mol. The first-order valence-corrected chi connectivity index (χ1v) is 34.4. The standard InChI is InChI=1S/C67H127N2O7P/c1-7-10-13-16-19-22-25-28-30-31-32-33-34-35-36-37-39-41-44-47-50-53-56-59-66(70)68-64(63-75-77(72,73)74-62-61-69(4,5)6)65(58-55-52-49-46-43-40-27-24-21-18-15-12-9-3)76-67(71)60-57-54-51-48-45-42-38-29-26-23-20-17-14-11-8-2/h19,22-23,26,28,30,55,58,64-65H,7-18,20-21,24-25,27,29,31-54,56-57,59-63H2,1-6H3,(H-,68,70,72,73)/b22-19-,26-23-,30-28-,58-55-. The number of nitrogens with zero attached hydrogens (tertiary/aromatic N) is 1. The van der Waals surface area contributed by atoms with E-state index in [2.05, 4.69) is 62.5 Å². The third-order valence-corrected chi connectivity index (χ3v) is 15.7. The lowest BCUT2D eigenvalue weighted by Gasteiger charge is -2.30. The van der Waals surface area contributed by atoms with Gasteiger partial charge in [-0.3, -0.25) is 14.2 Å². The van der Waals surface area contributed by atoms with Crippen molar-refractivity contribution in [1.29, 1.82) is 0 Å². The summed E-state index contributed by atoms with van der Waals surface area (Å²) in [5.74, 6) is -0.536. The first-order valence-electron chi connectivity index (χ1n) is 32.9. The van der Waals surface area contributed by atoms with Gasteiger partial charge in [-0.05, 0) is 89.5 Å². The van der Waals surface area contributed by atoms with Gasteiger partial charge in [0.15, 0.2) is 0 Å². The van der Waals surface area contributed by atoms with Crippen LogP contribution >= 0.6 is 7.82 Å². The van der Waals surface area contributed by atoms with Gasteiger partial charge in [-0.25, -0.2) is 0 Å². The lowest BCUT2D eigenvalue weighted by molar-refractivity contribution is -0.870. The minimum absolute atomic E-state index is 0.0221. The maximum atomic E-state index is 13.6. The number of esters is 1. The molecule has 0 rings (SSSR count). The normalized spacial score (nSPS) is 13.9. The van der Waals surface area contributed by atoms with E-state index in [1.807, 2.05) is 33.3 Å². The Morgan fingerprint density at radius 3 is 1.22 bits per heavy atom. The highest BCUT2D eigenvalue weighted by Gasteiger charge is 2.27. The van der Waals surface area contributed by atoms with E-state index < -0.39 is 20.0 Å². The van der Waals surface area contributed by atoms with Crippen LogP contribution in [0.5, 0.6) is 0 Å². The van der Waals surface area contributed by atoms with Crippen LogP contribution in [0.4, 0.5) is 0 Å². The SMILES string of the molecule is CCCCC/C=C\C/C=C\CCCCCCCCCCCCCCCC(=O)NC(COP(=O)([O-])OCC[N+](C)(C)C)C(/C=C\CCCCCCCCCCCCC)OC(=O)CCCCCCCCC/C=C\CCCCCC. The van der Waals surface area contributed by atoms with Gasteiger partial charge in [0.25, 0.3) is 7.82 Å². The number of carbonyl (C=O) groups excluding carboxylic acids is 2. The van der Waals surface area contributed by atoms with Gasteiger partial charge < -0.3 is 28.5 Å². The number of carbonyl (C=O) groups is 2. The highest BCUT2D eigenvalue weighted by Crippen LogP contribution is 2.38. The lowest BCUT2D eigenvalue weighted by Crippen LogP contribution is -2.47. The van der Waals surface area contributed by atoms with Crippen molar-refractivity contribution in [2.24, 2.45) is 0 Å². The fourth-order valence-corrected chi connectivity index (χ4v) is 10.3. The van der Waals surface area contributed by atoms with Crippen LogP contribution in [0.25, 0.3) is 0 Å². The Labute approximate surface area is 478 Å². The van der Waals surface area contributed by atoms with Crippen LogP contribution < -0.4 is 10.2 Å². The number of rotatable bonds is 60. The highest BCUT2D eigenvalue weighted by molar-refractivity contribution is 7.45. The van der Waals surface area contributed by atoms with E-state index in [4.69, 9.17) is 13.8 Å². The summed E-state index contributed by atoms with van der Waals surface area (Å²) in [5, 5.41) is 3.04. The summed E-state index contributed by atoms with van der Waals surface area (Å²) in [6, 6.07) is -0.889. The van der Waals surface area contributed by atoms with Gasteiger partial charge >= 0.3 is 5.97 Å². The zero-order valence-electron chi connectivity index (χ0n) is 51.7. The maximum Gasteiger partial charge on any atom is 0.306 e. The summed E-state index contributed by atoms with van der Waals surface area (Å²) < 4.78 is 30.4. The maximum absolute atomic E-state index is 13.6. The number of phosphoric ester groups is 1. The Balaban J connectivity index is 5.15. The quantitative estimate of drug-likeness (QED) is 0.0212. The van der Waals surface area contributed by atoms with E-state index >= 15 is 0 Å². The zero-order valence-corrected chi connectivity index (χ0v) is 52.6. The van der Waals surface area contributed by atoms with Crippen LogP contribution in [0, 0.1) is 0 Å². The summed E-state index contributed by atoms with van der Waals surface area (Å²) >= 11 is 0. The first kappa shape index (κ1) is 75.0.